The summed E-state index contributed by atoms with van der Waals surface area (Å²) in [5.41, 5.74) is 3.29. The summed E-state index contributed by atoms with van der Waals surface area (Å²) in [6, 6.07) is 5.91. The molecular weight excluding hydrogens is 258 g/mol. The third kappa shape index (κ3) is 2.19. The van der Waals surface area contributed by atoms with Crippen LogP contribution >= 0.6 is 11.8 Å². The molecule has 1 atom stereocenters. The van der Waals surface area contributed by atoms with Crippen molar-refractivity contribution in [1.82, 2.24) is 4.98 Å². The number of ether oxygens (including phenoxy) is 1. The third-order valence-electron chi connectivity index (χ3n) is 3.61. The Hall–Kier alpha value is -1.26. The average molecular weight is 275 g/mol. The number of aromatic nitrogens is 1. The molecule has 0 spiro atoms. The highest BCUT2D eigenvalue weighted by Crippen LogP contribution is 2.45. The van der Waals surface area contributed by atoms with Crippen LogP contribution in [0.5, 0.6) is 5.75 Å². The summed E-state index contributed by atoms with van der Waals surface area (Å²) < 4.78 is 5.30. The molecule has 0 saturated carbocycles. The normalized spacial score (nSPS) is 22.3. The van der Waals surface area contributed by atoms with Crippen LogP contribution in [-0.4, -0.2) is 22.1 Å². The Kier molecular flexibility index (Phi) is 2.95. The van der Waals surface area contributed by atoms with E-state index in [2.05, 4.69) is 4.98 Å². The monoisotopic (exact) mass is 275 g/mol. The van der Waals surface area contributed by atoms with Crippen molar-refractivity contribution in [2.24, 2.45) is 0 Å². The van der Waals surface area contributed by atoms with Gasteiger partial charge in [-0.1, -0.05) is 11.8 Å². The van der Waals surface area contributed by atoms with Gasteiger partial charge >= 0.3 is 0 Å². The van der Waals surface area contributed by atoms with E-state index in [0.717, 1.165) is 40.1 Å². The minimum atomic E-state index is -0.698. The second-order valence-electron chi connectivity index (χ2n) is 5.17. The van der Waals surface area contributed by atoms with Crippen molar-refractivity contribution in [2.45, 2.75) is 36.5 Å². The molecule has 1 aliphatic rings. The molecule has 3 rings (SSSR count). The number of thioether (sulfide) groups is 1. The minimum absolute atomic E-state index is 0.698. The van der Waals surface area contributed by atoms with Gasteiger partial charge in [0.15, 0.2) is 0 Å². The molecule has 19 heavy (non-hydrogen) atoms. The number of rotatable bonds is 1. The lowest BCUT2D eigenvalue weighted by Crippen LogP contribution is -2.24. The van der Waals surface area contributed by atoms with Crippen LogP contribution in [0.4, 0.5) is 0 Å². The van der Waals surface area contributed by atoms with Gasteiger partial charge < -0.3 is 9.84 Å². The number of fused-ring (bicyclic) bond motifs is 3. The van der Waals surface area contributed by atoms with E-state index in [9.17, 15) is 5.11 Å². The summed E-state index contributed by atoms with van der Waals surface area (Å²) in [7, 11) is 1.67. The van der Waals surface area contributed by atoms with Gasteiger partial charge in [-0.2, -0.15) is 0 Å². The molecule has 4 heteroatoms. The standard InChI is InChI=1S/C15H17NO2S/c1-9-11-6-7-15(2,17)19-14(11)12-8-10(18-3)4-5-13(12)16-9/h4-5,8,17H,6-7H2,1-3H3/t15-/m0/s1. The number of aliphatic hydroxyl groups is 1. The summed E-state index contributed by atoms with van der Waals surface area (Å²) in [4.78, 5) is 5.11. The topological polar surface area (TPSA) is 42.4 Å². The number of pyridine rings is 1. The maximum atomic E-state index is 10.3. The fraction of sp³-hybridized carbons (Fsp3) is 0.400. The molecule has 0 amide bonds. The summed E-state index contributed by atoms with van der Waals surface area (Å²) in [5.74, 6) is 0.825. The summed E-state index contributed by atoms with van der Waals surface area (Å²) in [6.07, 6.45) is 1.64. The van der Waals surface area contributed by atoms with Crippen LogP contribution in [0, 0.1) is 6.92 Å². The van der Waals surface area contributed by atoms with Gasteiger partial charge in [0.05, 0.1) is 12.6 Å². The zero-order valence-corrected chi connectivity index (χ0v) is 12.2. The summed E-state index contributed by atoms with van der Waals surface area (Å²) in [5, 5.41) is 11.4. The van der Waals surface area contributed by atoms with E-state index in [4.69, 9.17) is 4.74 Å². The van der Waals surface area contributed by atoms with Crippen molar-refractivity contribution >= 4 is 22.7 Å². The second-order valence-corrected chi connectivity index (χ2v) is 6.66. The Morgan fingerprint density at radius 3 is 2.95 bits per heavy atom. The van der Waals surface area contributed by atoms with Gasteiger partial charge in [0.25, 0.3) is 0 Å². The Morgan fingerprint density at radius 1 is 1.42 bits per heavy atom. The van der Waals surface area contributed by atoms with Gasteiger partial charge in [-0.3, -0.25) is 4.98 Å². The molecule has 0 bridgehead atoms. The molecule has 0 saturated heterocycles. The van der Waals surface area contributed by atoms with Crippen molar-refractivity contribution in [3.63, 3.8) is 0 Å². The Labute approximate surface area is 117 Å². The molecule has 0 radical (unpaired) electrons. The summed E-state index contributed by atoms with van der Waals surface area (Å²) in [6.45, 7) is 3.92. The molecule has 100 valence electrons. The Balaban J connectivity index is 2.29. The Bertz CT molecular complexity index is 652. The second kappa shape index (κ2) is 4.39. The first kappa shape index (κ1) is 12.8. The minimum Gasteiger partial charge on any atom is -0.497 e. The van der Waals surface area contributed by atoms with Crippen LogP contribution in [0.2, 0.25) is 0 Å². The Morgan fingerprint density at radius 2 is 2.21 bits per heavy atom. The lowest BCUT2D eigenvalue weighted by atomic mass is 10.0. The van der Waals surface area contributed by atoms with Crippen molar-refractivity contribution in [3.05, 3.63) is 29.5 Å². The molecule has 1 aliphatic heterocycles. The van der Waals surface area contributed by atoms with E-state index < -0.39 is 4.93 Å². The van der Waals surface area contributed by atoms with E-state index in [1.165, 1.54) is 17.3 Å². The fourth-order valence-corrected chi connectivity index (χ4v) is 3.83. The molecule has 1 aromatic heterocycles. The molecule has 0 aliphatic carbocycles. The van der Waals surface area contributed by atoms with Crippen molar-refractivity contribution in [1.29, 1.82) is 0 Å². The first-order chi connectivity index (χ1) is 9.00. The maximum absolute atomic E-state index is 10.3. The van der Waals surface area contributed by atoms with Crippen molar-refractivity contribution < 1.29 is 9.84 Å². The molecule has 1 N–H and O–H groups in total. The highest BCUT2D eigenvalue weighted by molar-refractivity contribution is 8.00. The van der Waals surface area contributed by atoms with Gasteiger partial charge in [-0.25, -0.2) is 0 Å². The van der Waals surface area contributed by atoms with E-state index >= 15 is 0 Å². The van der Waals surface area contributed by atoms with Gasteiger partial charge in [0.1, 0.15) is 10.7 Å². The third-order valence-corrected chi connectivity index (χ3v) is 4.92. The number of hydrogen-bond acceptors (Lipinski definition) is 4. The zero-order chi connectivity index (χ0) is 13.6. The van der Waals surface area contributed by atoms with Crippen LogP contribution in [-0.2, 0) is 6.42 Å². The SMILES string of the molecule is COc1ccc2nc(C)c3c(c2c1)S[C@](C)(O)CC3. The first-order valence-corrected chi connectivity index (χ1v) is 7.20. The zero-order valence-electron chi connectivity index (χ0n) is 11.4. The highest BCUT2D eigenvalue weighted by atomic mass is 32.2. The smallest absolute Gasteiger partial charge is 0.119 e. The number of methoxy groups -OCH3 is 1. The van der Waals surface area contributed by atoms with E-state index in [-0.39, 0.29) is 0 Å². The van der Waals surface area contributed by atoms with Crippen LogP contribution < -0.4 is 4.74 Å². The van der Waals surface area contributed by atoms with Crippen LogP contribution in [0.25, 0.3) is 10.9 Å². The van der Waals surface area contributed by atoms with Gasteiger partial charge in [0.2, 0.25) is 0 Å². The molecule has 2 heterocycles. The fourth-order valence-electron chi connectivity index (χ4n) is 2.54. The largest absolute Gasteiger partial charge is 0.497 e. The van der Waals surface area contributed by atoms with Gasteiger partial charge in [-0.15, -0.1) is 0 Å². The van der Waals surface area contributed by atoms with E-state index in [1.54, 1.807) is 7.11 Å². The first-order valence-electron chi connectivity index (χ1n) is 6.39. The predicted octanol–water partition coefficient (Wildman–Crippen LogP) is 3.30. The number of hydrogen-bond donors (Lipinski definition) is 1. The van der Waals surface area contributed by atoms with Crippen LogP contribution in [0.15, 0.2) is 23.1 Å². The molecule has 3 nitrogen and oxygen atoms in total. The maximum Gasteiger partial charge on any atom is 0.119 e. The van der Waals surface area contributed by atoms with E-state index in [0.29, 0.717) is 0 Å². The lowest BCUT2D eigenvalue weighted by molar-refractivity contribution is 0.145. The highest BCUT2D eigenvalue weighted by Gasteiger charge is 2.30. The van der Waals surface area contributed by atoms with E-state index in [1.807, 2.05) is 32.0 Å². The summed E-state index contributed by atoms with van der Waals surface area (Å²) >= 11 is 1.54. The van der Waals surface area contributed by atoms with Gasteiger partial charge in [0, 0.05) is 16.0 Å². The van der Waals surface area contributed by atoms with Crippen LogP contribution in [0.3, 0.4) is 0 Å². The quantitative estimate of drug-likeness (QED) is 0.867. The molecule has 2 aromatic rings. The van der Waals surface area contributed by atoms with Crippen LogP contribution in [0.1, 0.15) is 24.6 Å². The number of benzene rings is 1. The van der Waals surface area contributed by atoms with Gasteiger partial charge in [-0.05, 0) is 50.5 Å². The average Bonchev–Trinajstić information content (AvgIpc) is 2.37. The van der Waals surface area contributed by atoms with Crippen molar-refractivity contribution in [3.8, 4) is 5.75 Å². The number of nitrogens with zero attached hydrogens (tertiary/aromatic N) is 1. The van der Waals surface area contributed by atoms with Crippen molar-refractivity contribution in [2.75, 3.05) is 7.11 Å². The molecule has 0 fully saturated rings. The lowest BCUT2D eigenvalue weighted by Gasteiger charge is -2.30. The molecular formula is C15H17NO2S. The predicted molar refractivity (Wildman–Crippen MR) is 77.8 cm³/mol. The number of aryl methyl sites for hydroxylation is 1. The molecule has 1 aromatic carbocycles. The molecule has 0 unspecified atom stereocenters.